The summed E-state index contributed by atoms with van der Waals surface area (Å²) in [6.07, 6.45) is 3.95. The van der Waals surface area contributed by atoms with Crippen molar-refractivity contribution in [1.82, 2.24) is 0 Å². The Hall–Kier alpha value is -1.70. The number of carbonyl (C=O) groups is 2. The Labute approximate surface area is 83.3 Å². The zero-order chi connectivity index (χ0) is 10.6. The Morgan fingerprint density at radius 2 is 2.07 bits per heavy atom. The molecular weight excluding hydrogens is 176 g/mol. The largest absolute Gasteiger partial charge is 0.298 e. The lowest BCUT2D eigenvalue weighted by Gasteiger charge is -2.02. The van der Waals surface area contributed by atoms with Gasteiger partial charge >= 0.3 is 0 Å². The van der Waals surface area contributed by atoms with Gasteiger partial charge in [-0.2, -0.15) is 0 Å². The van der Waals surface area contributed by atoms with Crippen LogP contribution < -0.4 is 0 Å². The summed E-state index contributed by atoms with van der Waals surface area (Å²) in [6.45, 7) is 3.39. The Kier molecular flexibility index (Phi) is 3.35. The summed E-state index contributed by atoms with van der Waals surface area (Å²) in [4.78, 5) is 21.5. The summed E-state index contributed by atoms with van der Waals surface area (Å²) in [6, 6.07) is 5.47. The molecule has 1 rings (SSSR count). The highest BCUT2D eigenvalue weighted by Gasteiger charge is 2.00. The molecule has 0 atom stereocenters. The number of hydrogen-bond donors (Lipinski definition) is 0. The molecule has 0 saturated carbocycles. The monoisotopic (exact) mass is 188 g/mol. The molecular formula is C12H12O2. The van der Waals surface area contributed by atoms with Gasteiger partial charge in [-0.05, 0) is 31.1 Å². The lowest BCUT2D eigenvalue weighted by atomic mass is 10.0. The van der Waals surface area contributed by atoms with Gasteiger partial charge in [-0.1, -0.05) is 24.3 Å². The van der Waals surface area contributed by atoms with Gasteiger partial charge in [0.1, 0.15) is 0 Å². The summed E-state index contributed by atoms with van der Waals surface area (Å²) < 4.78 is 0. The van der Waals surface area contributed by atoms with Crippen LogP contribution in [-0.4, -0.2) is 12.1 Å². The second kappa shape index (κ2) is 4.51. The van der Waals surface area contributed by atoms with Gasteiger partial charge in [0.2, 0.25) is 0 Å². The molecule has 2 heteroatoms. The summed E-state index contributed by atoms with van der Waals surface area (Å²) >= 11 is 0. The normalized spacial score (nSPS) is 10.4. The topological polar surface area (TPSA) is 34.1 Å². The van der Waals surface area contributed by atoms with Gasteiger partial charge < -0.3 is 0 Å². The first-order valence-corrected chi connectivity index (χ1v) is 4.38. The number of ketones is 1. The highest BCUT2D eigenvalue weighted by Crippen LogP contribution is 2.14. The van der Waals surface area contributed by atoms with Crippen LogP contribution in [0.15, 0.2) is 24.3 Å². The fraction of sp³-hybridized carbons (Fsp3) is 0.167. The van der Waals surface area contributed by atoms with Crippen LogP contribution in [0.5, 0.6) is 0 Å². The zero-order valence-electron chi connectivity index (χ0n) is 8.28. The molecule has 0 saturated heterocycles. The second-order valence-corrected chi connectivity index (χ2v) is 3.14. The third kappa shape index (κ3) is 2.39. The first-order valence-electron chi connectivity index (χ1n) is 4.38. The van der Waals surface area contributed by atoms with Crippen molar-refractivity contribution in [3.05, 3.63) is 41.0 Å². The molecule has 0 N–H and O–H groups in total. The molecule has 1 aromatic rings. The van der Waals surface area contributed by atoms with Crippen LogP contribution in [0.2, 0.25) is 0 Å². The van der Waals surface area contributed by atoms with Gasteiger partial charge in [-0.3, -0.25) is 9.59 Å². The average molecular weight is 188 g/mol. The highest BCUT2D eigenvalue weighted by atomic mass is 16.1. The predicted octanol–water partition coefficient (Wildman–Crippen LogP) is 2.41. The van der Waals surface area contributed by atoms with Crippen LogP contribution in [0.1, 0.15) is 28.4 Å². The molecule has 72 valence electrons. The smallest absolute Gasteiger partial charge is 0.152 e. The van der Waals surface area contributed by atoms with E-state index in [1.54, 1.807) is 12.1 Å². The van der Waals surface area contributed by atoms with Gasteiger partial charge in [0.25, 0.3) is 0 Å². The molecule has 0 aromatic heterocycles. The van der Waals surface area contributed by atoms with Crippen molar-refractivity contribution in [2.45, 2.75) is 13.8 Å². The minimum atomic E-state index is -0.0231. The second-order valence-electron chi connectivity index (χ2n) is 3.14. The molecule has 0 fully saturated rings. The number of rotatable bonds is 3. The van der Waals surface area contributed by atoms with Gasteiger partial charge in [-0.25, -0.2) is 0 Å². The van der Waals surface area contributed by atoms with Crippen LogP contribution in [0, 0.1) is 6.92 Å². The van der Waals surface area contributed by atoms with Crippen LogP contribution in [0.3, 0.4) is 0 Å². The van der Waals surface area contributed by atoms with Crippen molar-refractivity contribution in [1.29, 1.82) is 0 Å². The first kappa shape index (κ1) is 10.4. The molecule has 0 amide bonds. The van der Waals surface area contributed by atoms with E-state index in [1.807, 2.05) is 19.1 Å². The van der Waals surface area contributed by atoms with E-state index in [9.17, 15) is 9.59 Å². The number of allylic oxidation sites excluding steroid dienone is 1. The average Bonchev–Trinajstić information content (AvgIpc) is 2.15. The Morgan fingerprint density at radius 3 is 2.64 bits per heavy atom. The van der Waals surface area contributed by atoms with Gasteiger partial charge in [0.15, 0.2) is 12.1 Å². The molecule has 1 aromatic carbocycles. The van der Waals surface area contributed by atoms with E-state index < -0.39 is 0 Å². The van der Waals surface area contributed by atoms with Crippen molar-refractivity contribution < 1.29 is 9.59 Å². The van der Waals surface area contributed by atoms with Crippen molar-refractivity contribution >= 4 is 18.1 Å². The number of carbonyl (C=O) groups excluding carboxylic acids is 2. The maximum atomic E-state index is 10.8. The van der Waals surface area contributed by atoms with Crippen molar-refractivity contribution in [3.8, 4) is 0 Å². The fourth-order valence-electron chi connectivity index (χ4n) is 1.23. The first-order chi connectivity index (χ1) is 6.65. The van der Waals surface area contributed by atoms with Crippen molar-refractivity contribution in [2.75, 3.05) is 0 Å². The third-order valence-corrected chi connectivity index (χ3v) is 1.97. The summed E-state index contributed by atoms with van der Waals surface area (Å²) in [5.74, 6) is -0.0231. The number of benzene rings is 1. The zero-order valence-corrected chi connectivity index (χ0v) is 8.28. The van der Waals surface area contributed by atoms with E-state index in [4.69, 9.17) is 0 Å². The van der Waals surface area contributed by atoms with E-state index >= 15 is 0 Å². The van der Waals surface area contributed by atoms with Gasteiger partial charge in [0, 0.05) is 5.56 Å². The van der Waals surface area contributed by atoms with E-state index in [0.29, 0.717) is 5.56 Å². The Morgan fingerprint density at radius 1 is 1.36 bits per heavy atom. The van der Waals surface area contributed by atoms with Crippen LogP contribution in [0.4, 0.5) is 0 Å². The molecule has 0 bridgehead atoms. The van der Waals surface area contributed by atoms with Crippen molar-refractivity contribution in [2.24, 2.45) is 0 Å². The molecule has 0 spiro atoms. The van der Waals surface area contributed by atoms with E-state index in [-0.39, 0.29) is 5.78 Å². The van der Waals surface area contributed by atoms with Crippen LogP contribution in [0.25, 0.3) is 6.08 Å². The number of hydrogen-bond acceptors (Lipinski definition) is 2. The highest BCUT2D eigenvalue weighted by molar-refractivity contribution is 5.93. The fourth-order valence-corrected chi connectivity index (χ4v) is 1.23. The van der Waals surface area contributed by atoms with E-state index in [0.717, 1.165) is 17.4 Å². The van der Waals surface area contributed by atoms with E-state index in [2.05, 4.69) is 0 Å². The van der Waals surface area contributed by atoms with Crippen LogP contribution >= 0.6 is 0 Å². The molecule has 0 unspecified atom stereocenters. The number of aryl methyl sites for hydroxylation is 1. The lowest BCUT2D eigenvalue weighted by molar-refractivity contribution is -0.112. The molecule has 0 radical (unpaired) electrons. The Balaban J connectivity index is 3.17. The molecule has 0 aliphatic carbocycles. The minimum absolute atomic E-state index is 0.0231. The van der Waals surface area contributed by atoms with E-state index in [1.165, 1.54) is 13.0 Å². The van der Waals surface area contributed by atoms with Gasteiger partial charge in [0.05, 0.1) is 0 Å². The minimum Gasteiger partial charge on any atom is -0.298 e. The Bertz CT molecular complexity index is 389. The molecule has 0 aliphatic rings. The summed E-state index contributed by atoms with van der Waals surface area (Å²) in [7, 11) is 0. The molecule has 14 heavy (non-hydrogen) atoms. The quantitative estimate of drug-likeness (QED) is 0.539. The lowest BCUT2D eigenvalue weighted by Crippen LogP contribution is -1.90. The molecule has 2 nitrogen and oxygen atoms in total. The van der Waals surface area contributed by atoms with Crippen molar-refractivity contribution in [3.63, 3.8) is 0 Å². The maximum Gasteiger partial charge on any atom is 0.152 e. The maximum absolute atomic E-state index is 10.8. The predicted molar refractivity (Wildman–Crippen MR) is 56.3 cm³/mol. The SMILES string of the molecule is CC(=O)/C=C/c1c(C)cccc1C=O. The van der Waals surface area contributed by atoms with Crippen LogP contribution in [-0.2, 0) is 4.79 Å². The molecule has 0 aliphatic heterocycles. The molecule has 0 heterocycles. The summed E-state index contributed by atoms with van der Waals surface area (Å²) in [5, 5.41) is 0. The third-order valence-electron chi connectivity index (χ3n) is 1.97. The number of aldehydes is 1. The standard InChI is InChI=1S/C12H12O2/c1-9-4-3-5-11(8-13)12(9)7-6-10(2)14/h3-8H,1-2H3/b7-6+. The summed E-state index contributed by atoms with van der Waals surface area (Å²) in [5.41, 5.74) is 2.42. The van der Waals surface area contributed by atoms with Gasteiger partial charge in [-0.15, -0.1) is 0 Å².